The van der Waals surface area contributed by atoms with Crippen molar-refractivity contribution in [3.05, 3.63) is 66.4 Å². The molecular formula is C20H19N4O3. The predicted molar refractivity (Wildman–Crippen MR) is 103 cm³/mol. The van der Waals surface area contributed by atoms with Gasteiger partial charge in [-0.05, 0) is 30.2 Å². The van der Waals surface area contributed by atoms with Crippen LogP contribution in [0.4, 0.5) is 5.69 Å². The molecule has 0 bridgehead atoms. The summed E-state index contributed by atoms with van der Waals surface area (Å²) >= 11 is 0. The van der Waals surface area contributed by atoms with Crippen LogP contribution in [-0.2, 0) is 20.8 Å². The minimum atomic E-state index is -1.55. The van der Waals surface area contributed by atoms with Crippen LogP contribution in [0.2, 0.25) is 0 Å². The summed E-state index contributed by atoms with van der Waals surface area (Å²) in [5.74, 6) is -1.56. The van der Waals surface area contributed by atoms with Crippen molar-refractivity contribution in [3.8, 4) is 0 Å². The van der Waals surface area contributed by atoms with Crippen LogP contribution in [-0.4, -0.2) is 35.2 Å². The van der Waals surface area contributed by atoms with E-state index in [0.717, 1.165) is 21.4 Å². The summed E-state index contributed by atoms with van der Waals surface area (Å²) in [6.07, 6.45) is 3.57. The molecule has 0 aliphatic heterocycles. The zero-order chi connectivity index (χ0) is 19.4. The Balaban J connectivity index is 1.91. The van der Waals surface area contributed by atoms with Gasteiger partial charge in [0.05, 0.1) is 6.04 Å². The van der Waals surface area contributed by atoms with Crippen molar-refractivity contribution >= 4 is 34.7 Å². The lowest BCUT2D eigenvalue weighted by Gasteiger charge is -2.28. The number of carbonyl (C=O) groups excluding carboxylic acids is 3. The van der Waals surface area contributed by atoms with E-state index in [1.807, 2.05) is 24.3 Å². The van der Waals surface area contributed by atoms with E-state index < -0.39 is 23.9 Å². The normalized spacial score (nSPS) is 13.1. The summed E-state index contributed by atoms with van der Waals surface area (Å²) in [7, 11) is 0. The lowest BCUT2D eigenvalue weighted by atomic mass is 10.0. The second-order valence-corrected chi connectivity index (χ2v) is 6.14. The number of para-hydroxylation sites is 2. The Hall–Kier alpha value is -3.45. The second kappa shape index (κ2) is 7.84. The maximum atomic E-state index is 13.0. The molecule has 0 unspecified atom stereocenters. The van der Waals surface area contributed by atoms with Crippen LogP contribution in [0, 0.1) is 0 Å². The first-order chi connectivity index (χ1) is 13.0. The number of hydrogen-bond acceptors (Lipinski definition) is 4. The molecule has 0 saturated heterocycles. The van der Waals surface area contributed by atoms with E-state index in [1.54, 1.807) is 42.8 Å². The Morgan fingerprint density at radius 3 is 2.41 bits per heavy atom. The van der Waals surface area contributed by atoms with Crippen LogP contribution in [0.25, 0.3) is 10.9 Å². The molecule has 3 aromatic rings. The number of nitrogens with one attached hydrogen (secondary N) is 1. The van der Waals surface area contributed by atoms with Crippen molar-refractivity contribution in [3.63, 3.8) is 0 Å². The third kappa shape index (κ3) is 3.73. The fraction of sp³-hybridized carbons (Fsp3) is 0.150. The maximum absolute atomic E-state index is 13.0. The molecule has 5 N–H and O–H groups in total. The minimum Gasteiger partial charge on any atom is -0.367 e. The number of carbonyl (C=O) groups is 2. The number of benzene rings is 2. The summed E-state index contributed by atoms with van der Waals surface area (Å²) < 4.78 is 0. The van der Waals surface area contributed by atoms with Crippen molar-refractivity contribution in [2.75, 3.05) is 4.90 Å². The number of nitrogens with two attached hydrogens (primary N) is 2. The molecule has 1 radical (unpaired) electrons. The smallest absolute Gasteiger partial charge is 0.248 e. The SMILES string of the molecule is NC(=O)[C@@H]([C]=O)N(C(=O)[C@@H](N)Cc1c[nH]c2ccccc12)c1ccccc1. The van der Waals surface area contributed by atoms with E-state index >= 15 is 0 Å². The topological polar surface area (TPSA) is 122 Å². The van der Waals surface area contributed by atoms with Crippen molar-refractivity contribution in [2.45, 2.75) is 18.5 Å². The van der Waals surface area contributed by atoms with E-state index in [9.17, 15) is 14.4 Å². The molecule has 7 nitrogen and oxygen atoms in total. The Bertz CT molecular complexity index is 968. The second-order valence-electron chi connectivity index (χ2n) is 6.14. The number of nitrogens with zero attached hydrogens (tertiary/aromatic N) is 1. The van der Waals surface area contributed by atoms with Crippen molar-refractivity contribution in [1.29, 1.82) is 0 Å². The fourth-order valence-electron chi connectivity index (χ4n) is 3.03. The van der Waals surface area contributed by atoms with Crippen LogP contribution in [0.3, 0.4) is 0 Å². The fourth-order valence-corrected chi connectivity index (χ4v) is 3.03. The molecular weight excluding hydrogens is 344 g/mol. The zero-order valence-electron chi connectivity index (χ0n) is 14.5. The Morgan fingerprint density at radius 2 is 1.74 bits per heavy atom. The third-order valence-electron chi connectivity index (χ3n) is 4.34. The molecule has 0 spiro atoms. The highest BCUT2D eigenvalue weighted by Crippen LogP contribution is 2.21. The van der Waals surface area contributed by atoms with Gasteiger partial charge in [-0.3, -0.25) is 19.3 Å². The molecule has 2 atom stereocenters. The van der Waals surface area contributed by atoms with E-state index in [-0.39, 0.29) is 6.42 Å². The van der Waals surface area contributed by atoms with Gasteiger partial charge in [0.2, 0.25) is 18.1 Å². The van der Waals surface area contributed by atoms with Crippen molar-refractivity contribution in [2.24, 2.45) is 11.5 Å². The number of amides is 2. The van der Waals surface area contributed by atoms with Gasteiger partial charge in [-0.25, -0.2) is 0 Å². The van der Waals surface area contributed by atoms with Gasteiger partial charge < -0.3 is 16.5 Å². The average Bonchev–Trinajstić information content (AvgIpc) is 3.08. The number of aromatic nitrogens is 1. The predicted octanol–water partition coefficient (Wildman–Crippen LogP) is 1.03. The average molecular weight is 363 g/mol. The van der Waals surface area contributed by atoms with Crippen LogP contribution in [0.5, 0.6) is 0 Å². The van der Waals surface area contributed by atoms with Gasteiger partial charge in [-0.15, -0.1) is 0 Å². The molecule has 2 aromatic carbocycles. The van der Waals surface area contributed by atoms with Gasteiger partial charge in [-0.1, -0.05) is 36.4 Å². The number of primary amides is 1. The monoisotopic (exact) mass is 363 g/mol. The molecule has 137 valence electrons. The molecule has 1 heterocycles. The van der Waals surface area contributed by atoms with E-state index in [2.05, 4.69) is 4.98 Å². The zero-order valence-corrected chi connectivity index (χ0v) is 14.5. The lowest BCUT2D eigenvalue weighted by Crippen LogP contribution is -2.55. The highest BCUT2D eigenvalue weighted by atomic mass is 16.2. The highest BCUT2D eigenvalue weighted by Gasteiger charge is 2.33. The molecule has 7 heteroatoms. The van der Waals surface area contributed by atoms with Gasteiger partial charge in [0.15, 0.2) is 6.04 Å². The quantitative estimate of drug-likeness (QED) is 0.543. The molecule has 2 amide bonds. The third-order valence-corrected chi connectivity index (χ3v) is 4.34. The molecule has 0 fully saturated rings. The van der Waals surface area contributed by atoms with E-state index in [0.29, 0.717) is 5.69 Å². The first-order valence-corrected chi connectivity index (χ1v) is 8.38. The van der Waals surface area contributed by atoms with Crippen molar-refractivity contribution < 1.29 is 14.4 Å². The van der Waals surface area contributed by atoms with Gasteiger partial charge in [0.25, 0.3) is 0 Å². The molecule has 3 rings (SSSR count). The van der Waals surface area contributed by atoms with Crippen LogP contribution < -0.4 is 16.4 Å². The van der Waals surface area contributed by atoms with E-state index in [4.69, 9.17) is 11.5 Å². The first-order valence-electron chi connectivity index (χ1n) is 8.38. The van der Waals surface area contributed by atoms with Gasteiger partial charge in [-0.2, -0.15) is 0 Å². The summed E-state index contributed by atoms with van der Waals surface area (Å²) in [5, 5.41) is 0.959. The number of anilines is 1. The maximum Gasteiger partial charge on any atom is 0.248 e. The van der Waals surface area contributed by atoms with Crippen LogP contribution >= 0.6 is 0 Å². The van der Waals surface area contributed by atoms with Crippen LogP contribution in [0.1, 0.15) is 5.56 Å². The molecule has 27 heavy (non-hydrogen) atoms. The lowest BCUT2D eigenvalue weighted by molar-refractivity contribution is -0.124. The van der Waals surface area contributed by atoms with Gasteiger partial charge in [0, 0.05) is 22.8 Å². The molecule has 1 aromatic heterocycles. The van der Waals surface area contributed by atoms with Gasteiger partial charge in [0.1, 0.15) is 0 Å². The molecule has 0 aliphatic rings. The van der Waals surface area contributed by atoms with Gasteiger partial charge >= 0.3 is 0 Å². The number of H-pyrrole nitrogens is 1. The molecule has 0 saturated carbocycles. The summed E-state index contributed by atoms with van der Waals surface area (Å²) in [6.45, 7) is 0. The Labute approximate surface area is 155 Å². The van der Waals surface area contributed by atoms with Crippen molar-refractivity contribution in [1.82, 2.24) is 4.98 Å². The Kier molecular flexibility index (Phi) is 5.33. The molecule has 0 aliphatic carbocycles. The van der Waals surface area contributed by atoms with E-state index in [1.165, 1.54) is 0 Å². The minimum absolute atomic E-state index is 0.233. The summed E-state index contributed by atoms with van der Waals surface area (Å²) in [5.41, 5.74) is 13.6. The standard InChI is InChI=1S/C20H19N4O3/c21-16(10-13-11-23-17-9-5-4-8-15(13)17)20(27)24(18(12-25)19(22)26)14-6-2-1-3-7-14/h1-9,11,16,18,23H,10,21H2,(H2,22,26)/t16-,18+/m0/s1. The number of aromatic amines is 1. The number of fused-ring (bicyclic) bond motifs is 1. The van der Waals surface area contributed by atoms with Crippen LogP contribution in [0.15, 0.2) is 60.8 Å². The Morgan fingerprint density at radius 1 is 1.07 bits per heavy atom. The largest absolute Gasteiger partial charge is 0.367 e. The highest BCUT2D eigenvalue weighted by molar-refractivity contribution is 6.09. The number of rotatable bonds is 7. The first kappa shape index (κ1) is 18.3. The summed E-state index contributed by atoms with van der Waals surface area (Å²) in [4.78, 5) is 40.2. The number of hydrogen-bond donors (Lipinski definition) is 3. The summed E-state index contributed by atoms with van der Waals surface area (Å²) in [6, 6.07) is 13.5.